The number of aromatic nitrogens is 1. The van der Waals surface area contributed by atoms with Crippen molar-refractivity contribution in [1.29, 1.82) is 0 Å². The van der Waals surface area contributed by atoms with Crippen LogP contribution in [-0.4, -0.2) is 16.5 Å². The maximum absolute atomic E-state index is 12.8. The quantitative estimate of drug-likeness (QED) is 0.690. The Kier molecular flexibility index (Phi) is 2.37. The van der Waals surface area contributed by atoms with Crippen molar-refractivity contribution in [2.24, 2.45) is 0 Å². The molecule has 0 fully saturated rings. The van der Waals surface area contributed by atoms with Crippen LogP contribution < -0.4 is 10.5 Å². The molecule has 0 bridgehead atoms. The Balaban J connectivity index is 3.13. The third-order valence-electron chi connectivity index (χ3n) is 1.20. The van der Waals surface area contributed by atoms with Crippen molar-refractivity contribution in [3.05, 3.63) is 12.0 Å². The summed E-state index contributed by atoms with van der Waals surface area (Å²) < 4.78 is 51.1. The second-order valence-corrected chi connectivity index (χ2v) is 2.22. The van der Waals surface area contributed by atoms with Crippen molar-refractivity contribution in [1.82, 2.24) is 4.98 Å². The van der Waals surface area contributed by atoms with Gasteiger partial charge in [-0.1, -0.05) is 0 Å². The van der Waals surface area contributed by atoms with Crippen molar-refractivity contribution in [2.75, 3.05) is 5.73 Å². The highest BCUT2D eigenvalue weighted by Crippen LogP contribution is 2.33. The number of anilines is 1. The highest BCUT2D eigenvalue weighted by atomic mass is 19.4. The molecule has 0 spiro atoms. The lowest BCUT2D eigenvalue weighted by atomic mass is 10.4. The number of pyridine rings is 1. The molecular weight excluding hydrogens is 208 g/mol. The third kappa shape index (κ3) is 2.15. The molecule has 1 aromatic heterocycles. The van der Waals surface area contributed by atoms with Crippen LogP contribution in [0.15, 0.2) is 6.20 Å². The summed E-state index contributed by atoms with van der Waals surface area (Å²) in [5.41, 5.74) is 4.91. The van der Waals surface area contributed by atoms with Gasteiger partial charge in [0.05, 0.1) is 6.20 Å². The van der Waals surface area contributed by atoms with Crippen molar-refractivity contribution < 1.29 is 27.4 Å². The molecule has 0 saturated heterocycles. The SMILES string of the molecule is Nc1ncc(O)c(F)c1OC(F)(F)F. The van der Waals surface area contributed by atoms with E-state index in [1.54, 1.807) is 0 Å². The molecule has 8 heteroatoms. The fourth-order valence-electron chi connectivity index (χ4n) is 0.688. The van der Waals surface area contributed by atoms with Gasteiger partial charge in [0.25, 0.3) is 0 Å². The van der Waals surface area contributed by atoms with Crippen LogP contribution in [0.2, 0.25) is 0 Å². The average molecular weight is 212 g/mol. The number of hydrogen-bond acceptors (Lipinski definition) is 4. The molecule has 0 unspecified atom stereocenters. The summed E-state index contributed by atoms with van der Waals surface area (Å²) in [5.74, 6) is -4.80. The minimum atomic E-state index is -5.09. The zero-order chi connectivity index (χ0) is 10.9. The first-order valence-corrected chi connectivity index (χ1v) is 3.20. The summed E-state index contributed by atoms with van der Waals surface area (Å²) in [6.45, 7) is 0. The van der Waals surface area contributed by atoms with Gasteiger partial charge in [-0.25, -0.2) is 4.98 Å². The molecule has 78 valence electrons. The zero-order valence-corrected chi connectivity index (χ0v) is 6.47. The van der Waals surface area contributed by atoms with E-state index in [-0.39, 0.29) is 0 Å². The summed E-state index contributed by atoms with van der Waals surface area (Å²) >= 11 is 0. The lowest BCUT2D eigenvalue weighted by molar-refractivity contribution is -0.275. The van der Waals surface area contributed by atoms with E-state index in [0.717, 1.165) is 0 Å². The zero-order valence-electron chi connectivity index (χ0n) is 6.47. The molecule has 0 aliphatic carbocycles. The highest BCUT2D eigenvalue weighted by molar-refractivity contribution is 5.50. The van der Waals surface area contributed by atoms with E-state index in [2.05, 4.69) is 9.72 Å². The molecule has 0 amide bonds. The van der Waals surface area contributed by atoms with Crippen LogP contribution in [0.4, 0.5) is 23.4 Å². The fourth-order valence-corrected chi connectivity index (χ4v) is 0.688. The number of aromatic hydroxyl groups is 1. The van der Waals surface area contributed by atoms with Gasteiger partial charge in [0, 0.05) is 0 Å². The molecule has 14 heavy (non-hydrogen) atoms. The maximum Gasteiger partial charge on any atom is 0.573 e. The Hall–Kier alpha value is -1.73. The van der Waals surface area contributed by atoms with E-state index >= 15 is 0 Å². The van der Waals surface area contributed by atoms with Crippen LogP contribution in [-0.2, 0) is 0 Å². The first kappa shape index (κ1) is 10.4. The average Bonchev–Trinajstić information content (AvgIpc) is 2.04. The van der Waals surface area contributed by atoms with Crippen LogP contribution in [0.25, 0.3) is 0 Å². The van der Waals surface area contributed by atoms with Crippen LogP contribution in [0, 0.1) is 5.82 Å². The highest BCUT2D eigenvalue weighted by Gasteiger charge is 2.34. The van der Waals surface area contributed by atoms with Crippen LogP contribution in [0.1, 0.15) is 0 Å². The molecule has 0 atom stereocenters. The van der Waals surface area contributed by atoms with E-state index in [4.69, 9.17) is 10.8 Å². The summed E-state index contributed by atoms with van der Waals surface area (Å²) in [6, 6.07) is 0. The van der Waals surface area contributed by atoms with Gasteiger partial charge in [-0.3, -0.25) is 0 Å². The molecule has 4 nitrogen and oxygen atoms in total. The minimum absolute atomic E-state index is 0.577. The smallest absolute Gasteiger partial charge is 0.504 e. The second-order valence-electron chi connectivity index (χ2n) is 2.22. The summed E-state index contributed by atoms with van der Waals surface area (Å²) in [6.07, 6.45) is -4.52. The number of hydrogen-bond donors (Lipinski definition) is 2. The van der Waals surface area contributed by atoms with Gasteiger partial charge in [-0.15, -0.1) is 13.2 Å². The van der Waals surface area contributed by atoms with E-state index in [1.807, 2.05) is 0 Å². The van der Waals surface area contributed by atoms with E-state index in [0.29, 0.717) is 6.20 Å². The topological polar surface area (TPSA) is 68.4 Å². The van der Waals surface area contributed by atoms with E-state index in [1.165, 1.54) is 0 Å². The number of halogens is 4. The minimum Gasteiger partial charge on any atom is -0.504 e. The van der Waals surface area contributed by atoms with Gasteiger partial charge in [0.2, 0.25) is 11.6 Å². The number of nitrogen functional groups attached to an aromatic ring is 1. The molecule has 1 heterocycles. The molecule has 0 aromatic carbocycles. The molecule has 0 aliphatic heterocycles. The van der Waals surface area contributed by atoms with Crippen molar-refractivity contribution in [3.63, 3.8) is 0 Å². The molecule has 1 rings (SSSR count). The molecule has 3 N–H and O–H groups in total. The molecule has 1 aromatic rings. The van der Waals surface area contributed by atoms with Gasteiger partial charge in [-0.05, 0) is 0 Å². The summed E-state index contributed by atoms with van der Waals surface area (Å²) in [7, 11) is 0. The van der Waals surface area contributed by atoms with Crippen molar-refractivity contribution in [3.8, 4) is 11.5 Å². The Bertz CT molecular complexity index is 352. The second kappa shape index (κ2) is 3.20. The molecular formula is C6H4F4N2O2. The van der Waals surface area contributed by atoms with Gasteiger partial charge in [0.1, 0.15) is 0 Å². The monoisotopic (exact) mass is 212 g/mol. The van der Waals surface area contributed by atoms with Crippen molar-refractivity contribution >= 4 is 5.82 Å². The van der Waals surface area contributed by atoms with E-state index in [9.17, 15) is 17.6 Å². The normalized spacial score (nSPS) is 11.4. The lowest BCUT2D eigenvalue weighted by Gasteiger charge is -2.11. The fraction of sp³-hybridized carbons (Fsp3) is 0.167. The molecule has 0 aliphatic rings. The van der Waals surface area contributed by atoms with Gasteiger partial charge in [-0.2, -0.15) is 4.39 Å². The van der Waals surface area contributed by atoms with Gasteiger partial charge >= 0.3 is 6.36 Å². The number of ether oxygens (including phenoxy) is 1. The van der Waals surface area contributed by atoms with Crippen LogP contribution in [0.3, 0.4) is 0 Å². The van der Waals surface area contributed by atoms with Crippen LogP contribution >= 0.6 is 0 Å². The maximum atomic E-state index is 12.8. The van der Waals surface area contributed by atoms with Gasteiger partial charge in [0.15, 0.2) is 11.6 Å². The summed E-state index contributed by atoms with van der Waals surface area (Å²) in [4.78, 5) is 3.09. The molecule has 0 saturated carbocycles. The first-order chi connectivity index (χ1) is 6.31. The van der Waals surface area contributed by atoms with Crippen LogP contribution in [0.5, 0.6) is 11.5 Å². The lowest BCUT2D eigenvalue weighted by Crippen LogP contribution is -2.19. The largest absolute Gasteiger partial charge is 0.573 e. The van der Waals surface area contributed by atoms with Crippen molar-refractivity contribution in [2.45, 2.75) is 6.36 Å². The Morgan fingerprint density at radius 1 is 1.43 bits per heavy atom. The Labute approximate surface area is 74.9 Å². The van der Waals surface area contributed by atoms with E-state index < -0.39 is 29.5 Å². The standard InChI is InChI=1S/C6H4F4N2O2/c7-3-2(13)1-12-5(11)4(3)14-6(8,9)10/h1,13H,(H2,11,12). The predicted molar refractivity (Wildman–Crippen MR) is 37.0 cm³/mol. The Morgan fingerprint density at radius 2 is 2.00 bits per heavy atom. The number of rotatable bonds is 1. The van der Waals surface area contributed by atoms with Gasteiger partial charge < -0.3 is 15.6 Å². The Morgan fingerprint density at radius 3 is 2.50 bits per heavy atom. The number of nitrogens with zero attached hydrogens (tertiary/aromatic N) is 1. The predicted octanol–water partition coefficient (Wildman–Crippen LogP) is 1.41. The summed E-state index contributed by atoms with van der Waals surface area (Å²) in [5, 5.41) is 8.68. The first-order valence-electron chi connectivity index (χ1n) is 3.20. The third-order valence-corrected chi connectivity index (χ3v) is 1.20. The number of alkyl halides is 3. The molecule has 0 radical (unpaired) electrons. The number of nitrogens with two attached hydrogens (primary N) is 1.